The van der Waals surface area contributed by atoms with E-state index in [2.05, 4.69) is 4.98 Å². The van der Waals surface area contributed by atoms with Crippen LogP contribution in [0.4, 0.5) is 11.4 Å². The van der Waals surface area contributed by atoms with Crippen LogP contribution >= 0.6 is 0 Å². The van der Waals surface area contributed by atoms with E-state index in [4.69, 9.17) is 9.47 Å². The molecule has 1 amide bonds. The molecule has 0 atom stereocenters. The Morgan fingerprint density at radius 3 is 2.53 bits per heavy atom. The molecule has 1 heterocycles. The largest absolute Gasteiger partial charge is 0.476 e. The van der Waals surface area contributed by atoms with Gasteiger partial charge in [-0.25, -0.2) is 4.98 Å². The lowest BCUT2D eigenvalue weighted by molar-refractivity contribution is -0.384. The third-order valence-corrected chi connectivity index (χ3v) is 4.31. The fourth-order valence-electron chi connectivity index (χ4n) is 2.73. The van der Waals surface area contributed by atoms with E-state index < -0.39 is 4.92 Å². The molecule has 0 bridgehead atoms. The summed E-state index contributed by atoms with van der Waals surface area (Å²) in [6.07, 6.45) is 4.21. The number of nitro benzene ring substituents is 1. The molecule has 0 radical (unpaired) electrons. The highest BCUT2D eigenvalue weighted by Gasteiger charge is 2.19. The molecular weight excluding hydrogens is 390 g/mol. The van der Waals surface area contributed by atoms with E-state index in [1.807, 2.05) is 0 Å². The molecule has 0 unspecified atom stereocenters. The average molecular weight is 415 g/mol. The summed E-state index contributed by atoms with van der Waals surface area (Å²) >= 11 is 0. The molecule has 2 rings (SSSR count). The van der Waals surface area contributed by atoms with Crippen molar-refractivity contribution >= 4 is 23.3 Å². The van der Waals surface area contributed by atoms with Crippen molar-refractivity contribution in [2.45, 2.75) is 32.6 Å². The fourth-order valence-corrected chi connectivity index (χ4v) is 2.73. The van der Waals surface area contributed by atoms with Crippen LogP contribution in [0.25, 0.3) is 0 Å². The summed E-state index contributed by atoms with van der Waals surface area (Å²) in [5.74, 6) is -0.213. The van der Waals surface area contributed by atoms with Crippen LogP contribution < -0.4 is 9.64 Å². The van der Waals surface area contributed by atoms with Gasteiger partial charge < -0.3 is 14.4 Å². The number of nitrogens with zero attached hydrogens (tertiary/aromatic N) is 3. The lowest BCUT2D eigenvalue weighted by Crippen LogP contribution is -2.27. The normalized spacial score (nSPS) is 10.3. The molecule has 0 N–H and O–H groups in total. The molecule has 0 saturated carbocycles. The number of carbonyl (C=O) groups excluding carboxylic acids is 2. The predicted molar refractivity (Wildman–Crippen MR) is 111 cm³/mol. The van der Waals surface area contributed by atoms with Gasteiger partial charge in [0.05, 0.1) is 18.1 Å². The van der Waals surface area contributed by atoms with Gasteiger partial charge in [-0.2, -0.15) is 0 Å². The second kappa shape index (κ2) is 11.5. The number of hydrogen-bond donors (Lipinski definition) is 0. The van der Waals surface area contributed by atoms with Gasteiger partial charge in [0.1, 0.15) is 5.69 Å². The number of aromatic nitrogens is 1. The van der Waals surface area contributed by atoms with Gasteiger partial charge in [0.15, 0.2) is 0 Å². The first-order chi connectivity index (χ1) is 14.4. The molecule has 9 heteroatoms. The van der Waals surface area contributed by atoms with Crippen molar-refractivity contribution in [1.82, 2.24) is 4.98 Å². The Kier molecular flexibility index (Phi) is 8.74. The number of nitro groups is 1. The fraction of sp³-hybridized carbons (Fsp3) is 0.381. The van der Waals surface area contributed by atoms with Crippen molar-refractivity contribution < 1.29 is 24.0 Å². The number of hydrogen-bond acceptors (Lipinski definition) is 7. The van der Waals surface area contributed by atoms with Crippen LogP contribution in [-0.2, 0) is 9.53 Å². The maximum absolute atomic E-state index is 12.7. The Bertz CT molecular complexity index is 869. The smallest absolute Gasteiger partial charge is 0.305 e. The molecule has 30 heavy (non-hydrogen) atoms. The van der Waals surface area contributed by atoms with E-state index in [0.717, 1.165) is 19.3 Å². The number of rotatable bonds is 11. The SMILES string of the molecule is CCOC(=O)CCCCCOc1ncccc1N(C)C(=O)c1ccc([N+](=O)[O-])cc1. The van der Waals surface area contributed by atoms with Crippen LogP contribution in [0.15, 0.2) is 42.6 Å². The van der Waals surface area contributed by atoms with Crippen molar-refractivity contribution in [2.75, 3.05) is 25.2 Å². The molecule has 1 aromatic heterocycles. The lowest BCUT2D eigenvalue weighted by atomic mass is 10.2. The number of amides is 1. The minimum Gasteiger partial charge on any atom is -0.476 e. The zero-order chi connectivity index (χ0) is 21.9. The highest BCUT2D eigenvalue weighted by atomic mass is 16.6. The second-order valence-electron chi connectivity index (χ2n) is 6.46. The van der Waals surface area contributed by atoms with Crippen LogP contribution in [0.1, 0.15) is 43.0 Å². The van der Waals surface area contributed by atoms with Gasteiger partial charge in [0, 0.05) is 37.4 Å². The predicted octanol–water partition coefficient (Wildman–Crippen LogP) is 3.77. The number of unbranched alkanes of at least 4 members (excludes halogenated alkanes) is 2. The topological polar surface area (TPSA) is 112 Å². The van der Waals surface area contributed by atoms with Gasteiger partial charge >= 0.3 is 5.97 Å². The van der Waals surface area contributed by atoms with Gasteiger partial charge in [-0.1, -0.05) is 0 Å². The van der Waals surface area contributed by atoms with Gasteiger partial charge in [0.25, 0.3) is 11.6 Å². The van der Waals surface area contributed by atoms with E-state index in [1.165, 1.54) is 29.2 Å². The summed E-state index contributed by atoms with van der Waals surface area (Å²) < 4.78 is 10.6. The highest BCUT2D eigenvalue weighted by Crippen LogP contribution is 2.26. The lowest BCUT2D eigenvalue weighted by Gasteiger charge is -2.20. The van der Waals surface area contributed by atoms with Crippen LogP contribution in [0, 0.1) is 10.1 Å². The highest BCUT2D eigenvalue weighted by molar-refractivity contribution is 6.06. The summed E-state index contributed by atoms with van der Waals surface area (Å²) in [5.41, 5.74) is 0.729. The monoisotopic (exact) mass is 415 g/mol. The average Bonchev–Trinajstić information content (AvgIpc) is 2.75. The van der Waals surface area contributed by atoms with Gasteiger partial charge in [0.2, 0.25) is 5.88 Å². The zero-order valence-electron chi connectivity index (χ0n) is 17.1. The molecule has 160 valence electrons. The van der Waals surface area contributed by atoms with E-state index in [0.29, 0.717) is 36.8 Å². The van der Waals surface area contributed by atoms with E-state index in [-0.39, 0.29) is 17.6 Å². The first-order valence-corrected chi connectivity index (χ1v) is 9.70. The van der Waals surface area contributed by atoms with Crippen LogP contribution in [0.3, 0.4) is 0 Å². The van der Waals surface area contributed by atoms with Crippen molar-refractivity contribution in [1.29, 1.82) is 0 Å². The minimum atomic E-state index is -0.516. The summed E-state index contributed by atoms with van der Waals surface area (Å²) in [7, 11) is 1.59. The second-order valence-corrected chi connectivity index (χ2v) is 6.46. The Hall–Kier alpha value is -3.49. The number of ether oxygens (including phenoxy) is 2. The van der Waals surface area contributed by atoms with Gasteiger partial charge in [-0.3, -0.25) is 19.7 Å². The van der Waals surface area contributed by atoms with Crippen LogP contribution in [-0.4, -0.2) is 42.0 Å². The van der Waals surface area contributed by atoms with Gasteiger partial charge in [-0.15, -0.1) is 0 Å². The molecular formula is C21H25N3O6. The van der Waals surface area contributed by atoms with Crippen molar-refractivity contribution in [3.8, 4) is 5.88 Å². The molecule has 0 fully saturated rings. The quantitative estimate of drug-likeness (QED) is 0.238. The van der Waals surface area contributed by atoms with E-state index in [1.54, 1.807) is 32.3 Å². The maximum atomic E-state index is 12.7. The van der Waals surface area contributed by atoms with E-state index in [9.17, 15) is 19.7 Å². The molecule has 0 spiro atoms. The molecule has 0 saturated heterocycles. The summed E-state index contributed by atoms with van der Waals surface area (Å²) in [4.78, 5) is 39.9. The Morgan fingerprint density at radius 2 is 1.87 bits per heavy atom. The van der Waals surface area contributed by atoms with E-state index >= 15 is 0 Å². The Balaban J connectivity index is 1.92. The van der Waals surface area contributed by atoms with Crippen molar-refractivity contribution in [3.05, 3.63) is 58.3 Å². The summed E-state index contributed by atoms with van der Waals surface area (Å²) in [5, 5.41) is 10.8. The number of benzene rings is 1. The molecule has 0 aliphatic carbocycles. The molecule has 2 aromatic rings. The summed E-state index contributed by atoms with van der Waals surface area (Å²) in [6.45, 7) is 2.56. The zero-order valence-corrected chi connectivity index (χ0v) is 17.1. The van der Waals surface area contributed by atoms with Crippen molar-refractivity contribution in [3.63, 3.8) is 0 Å². The minimum absolute atomic E-state index is 0.0810. The first-order valence-electron chi connectivity index (χ1n) is 9.70. The number of anilines is 1. The summed E-state index contributed by atoms with van der Waals surface area (Å²) in [6, 6.07) is 8.82. The number of carbonyl (C=O) groups is 2. The Labute approximate surface area is 174 Å². The van der Waals surface area contributed by atoms with Crippen LogP contribution in [0.2, 0.25) is 0 Å². The first kappa shape index (κ1) is 22.8. The third-order valence-electron chi connectivity index (χ3n) is 4.31. The number of esters is 1. The van der Waals surface area contributed by atoms with Crippen molar-refractivity contribution in [2.24, 2.45) is 0 Å². The molecule has 1 aromatic carbocycles. The molecule has 0 aliphatic heterocycles. The van der Waals surface area contributed by atoms with Gasteiger partial charge in [-0.05, 0) is 50.5 Å². The number of non-ortho nitro benzene ring substituents is 1. The van der Waals surface area contributed by atoms with Crippen LogP contribution in [0.5, 0.6) is 5.88 Å². The third kappa shape index (κ3) is 6.54. The Morgan fingerprint density at radius 1 is 1.13 bits per heavy atom. The standard InChI is InChI=1S/C21H25N3O6/c1-3-29-19(25)9-5-4-6-15-30-20-18(8-7-14-22-20)23(2)21(26)16-10-12-17(13-11-16)24(27)28/h7-8,10-14H,3-6,9,15H2,1-2H3. The molecule has 0 aliphatic rings. The number of pyridine rings is 1. The molecule has 9 nitrogen and oxygen atoms in total. The maximum Gasteiger partial charge on any atom is 0.305 e.